The average Bonchev–Trinajstić information content (AvgIpc) is 2.87. The van der Waals surface area contributed by atoms with E-state index in [2.05, 4.69) is 25.5 Å². The van der Waals surface area contributed by atoms with E-state index in [1.54, 1.807) is 6.20 Å². The first-order valence-electron chi connectivity index (χ1n) is 6.19. The van der Waals surface area contributed by atoms with Gasteiger partial charge in [0, 0.05) is 12.1 Å². The molecule has 0 saturated heterocycles. The van der Waals surface area contributed by atoms with Crippen molar-refractivity contribution >= 4 is 5.91 Å². The van der Waals surface area contributed by atoms with E-state index < -0.39 is 0 Å². The lowest BCUT2D eigenvalue weighted by molar-refractivity contribution is 0.0940. The molecule has 2 rings (SSSR count). The number of nitrogens with one attached hydrogen (secondary N) is 2. The molecule has 19 heavy (non-hydrogen) atoms. The van der Waals surface area contributed by atoms with Crippen LogP contribution in [0.15, 0.2) is 18.3 Å². The summed E-state index contributed by atoms with van der Waals surface area (Å²) in [6.07, 6.45) is 1.71. The number of aromatic amines is 1. The number of carbonyl (C=O) groups excluding carboxylic acids is 1. The molecule has 0 aliphatic rings. The molecule has 0 unspecified atom stereocenters. The van der Waals surface area contributed by atoms with Gasteiger partial charge in [-0.15, -0.1) is 5.10 Å². The predicted octanol–water partition coefficient (Wildman–Crippen LogP) is 1.56. The number of nitrogens with zero attached hydrogens (tertiary/aromatic N) is 3. The van der Waals surface area contributed by atoms with Crippen molar-refractivity contribution in [2.45, 2.75) is 33.2 Å². The van der Waals surface area contributed by atoms with Crippen LogP contribution in [0, 0.1) is 6.92 Å². The molecule has 0 aromatic carbocycles. The molecule has 0 radical (unpaired) electrons. The lowest BCUT2D eigenvalue weighted by atomic mass is 10.2. The Balaban J connectivity index is 1.99. The molecule has 0 aliphatic carbocycles. The number of hydrogen-bond donors (Lipinski definition) is 2. The molecule has 6 nitrogen and oxygen atoms in total. The van der Waals surface area contributed by atoms with Crippen LogP contribution in [0.25, 0.3) is 0 Å². The van der Waals surface area contributed by atoms with E-state index in [0.29, 0.717) is 12.4 Å². The first-order valence-corrected chi connectivity index (χ1v) is 6.19. The van der Waals surface area contributed by atoms with Crippen LogP contribution in [-0.2, 0) is 6.54 Å². The van der Waals surface area contributed by atoms with E-state index >= 15 is 0 Å². The van der Waals surface area contributed by atoms with Crippen LogP contribution in [0.1, 0.15) is 47.5 Å². The zero-order chi connectivity index (χ0) is 13.8. The smallest absolute Gasteiger partial charge is 0.291 e. The Kier molecular flexibility index (Phi) is 3.89. The zero-order valence-corrected chi connectivity index (χ0v) is 11.3. The quantitative estimate of drug-likeness (QED) is 0.872. The molecule has 2 heterocycles. The van der Waals surface area contributed by atoms with Gasteiger partial charge in [-0.25, -0.2) is 4.98 Å². The molecular formula is C13H17N5O. The Bertz CT molecular complexity index is 576. The summed E-state index contributed by atoms with van der Waals surface area (Å²) >= 11 is 0. The van der Waals surface area contributed by atoms with Gasteiger partial charge in [-0.05, 0) is 18.6 Å². The third-order valence-corrected chi connectivity index (χ3v) is 2.79. The molecule has 0 bridgehead atoms. The lowest BCUT2D eigenvalue weighted by Crippen LogP contribution is -2.25. The van der Waals surface area contributed by atoms with Crippen molar-refractivity contribution in [3.8, 4) is 0 Å². The van der Waals surface area contributed by atoms with E-state index in [-0.39, 0.29) is 17.6 Å². The number of aromatic nitrogens is 4. The first kappa shape index (κ1) is 13.2. The monoisotopic (exact) mass is 259 g/mol. The number of amides is 1. The van der Waals surface area contributed by atoms with Crippen molar-refractivity contribution < 1.29 is 4.79 Å². The highest BCUT2D eigenvalue weighted by Gasteiger charge is 2.14. The lowest BCUT2D eigenvalue weighted by Gasteiger charge is -2.04. The minimum Gasteiger partial charge on any atom is -0.344 e. The van der Waals surface area contributed by atoms with Crippen molar-refractivity contribution in [3.05, 3.63) is 41.2 Å². The molecular weight excluding hydrogens is 242 g/mol. The van der Waals surface area contributed by atoms with Crippen molar-refractivity contribution in [1.82, 2.24) is 25.5 Å². The summed E-state index contributed by atoms with van der Waals surface area (Å²) in [6.45, 7) is 6.30. The normalized spacial score (nSPS) is 10.7. The van der Waals surface area contributed by atoms with Crippen LogP contribution >= 0.6 is 0 Å². The maximum absolute atomic E-state index is 11.9. The molecule has 0 atom stereocenters. The Morgan fingerprint density at radius 1 is 1.47 bits per heavy atom. The molecule has 2 aromatic rings. The van der Waals surface area contributed by atoms with E-state index in [4.69, 9.17) is 0 Å². The van der Waals surface area contributed by atoms with Crippen molar-refractivity contribution in [3.63, 3.8) is 0 Å². The van der Waals surface area contributed by atoms with Crippen molar-refractivity contribution in [2.75, 3.05) is 0 Å². The van der Waals surface area contributed by atoms with E-state index in [1.807, 2.05) is 32.9 Å². The van der Waals surface area contributed by atoms with Gasteiger partial charge in [0.25, 0.3) is 5.91 Å². The summed E-state index contributed by atoms with van der Waals surface area (Å²) in [4.78, 5) is 20.2. The van der Waals surface area contributed by atoms with E-state index in [1.165, 1.54) is 0 Å². The third kappa shape index (κ3) is 3.15. The fourth-order valence-corrected chi connectivity index (χ4v) is 1.58. The van der Waals surface area contributed by atoms with Crippen LogP contribution < -0.4 is 5.32 Å². The number of hydrogen-bond acceptors (Lipinski definition) is 4. The fraction of sp³-hybridized carbons (Fsp3) is 0.385. The van der Waals surface area contributed by atoms with Gasteiger partial charge in [-0.2, -0.15) is 0 Å². The molecule has 0 fully saturated rings. The highest BCUT2D eigenvalue weighted by molar-refractivity contribution is 5.90. The minimum atomic E-state index is -0.298. The number of carbonyl (C=O) groups is 1. The first-order chi connectivity index (χ1) is 9.08. The van der Waals surface area contributed by atoms with Crippen molar-refractivity contribution in [2.24, 2.45) is 0 Å². The van der Waals surface area contributed by atoms with Gasteiger partial charge >= 0.3 is 0 Å². The molecule has 6 heteroatoms. The highest BCUT2D eigenvalue weighted by Crippen LogP contribution is 2.07. The maximum Gasteiger partial charge on any atom is 0.291 e. The third-order valence-electron chi connectivity index (χ3n) is 2.79. The van der Waals surface area contributed by atoms with Crippen molar-refractivity contribution in [1.29, 1.82) is 0 Å². The molecule has 0 spiro atoms. The average molecular weight is 259 g/mol. The zero-order valence-electron chi connectivity index (χ0n) is 11.3. The maximum atomic E-state index is 11.9. The molecule has 100 valence electrons. The van der Waals surface area contributed by atoms with Gasteiger partial charge in [0.2, 0.25) is 5.82 Å². The molecule has 2 aromatic heterocycles. The predicted molar refractivity (Wildman–Crippen MR) is 70.6 cm³/mol. The van der Waals surface area contributed by atoms with E-state index in [0.717, 1.165) is 11.3 Å². The molecule has 0 saturated carbocycles. The Morgan fingerprint density at radius 3 is 2.89 bits per heavy atom. The highest BCUT2D eigenvalue weighted by atomic mass is 16.2. The van der Waals surface area contributed by atoms with Gasteiger partial charge in [-0.1, -0.05) is 19.9 Å². The number of H-pyrrole nitrogens is 1. The standard InChI is InChI=1S/C13H17N5O/c1-8(2)11-16-12(18-17-11)13(19)15-7-10-9(3)5-4-6-14-10/h4-6,8H,7H2,1-3H3,(H,15,19)(H,16,17,18). The number of rotatable bonds is 4. The molecule has 1 amide bonds. The Morgan fingerprint density at radius 2 is 2.26 bits per heavy atom. The summed E-state index contributed by atoms with van der Waals surface area (Å²) in [5.41, 5.74) is 1.89. The SMILES string of the molecule is Cc1cccnc1CNC(=O)c1n[nH]c(C(C)C)n1. The van der Waals surface area contributed by atoms with Crippen LogP contribution in [0.3, 0.4) is 0 Å². The number of pyridine rings is 1. The van der Waals surface area contributed by atoms with Crippen LogP contribution in [0.2, 0.25) is 0 Å². The Labute approximate surface area is 111 Å². The summed E-state index contributed by atoms with van der Waals surface area (Å²) in [6, 6.07) is 3.82. The summed E-state index contributed by atoms with van der Waals surface area (Å²) < 4.78 is 0. The fourth-order valence-electron chi connectivity index (χ4n) is 1.58. The van der Waals surface area contributed by atoms with Gasteiger partial charge in [0.1, 0.15) is 5.82 Å². The second kappa shape index (κ2) is 5.60. The van der Waals surface area contributed by atoms with Gasteiger partial charge < -0.3 is 5.32 Å². The second-order valence-corrected chi connectivity index (χ2v) is 4.65. The minimum absolute atomic E-state index is 0.164. The van der Waals surface area contributed by atoms with Crippen LogP contribution in [0.5, 0.6) is 0 Å². The molecule has 2 N–H and O–H groups in total. The van der Waals surface area contributed by atoms with Crippen LogP contribution in [0.4, 0.5) is 0 Å². The topological polar surface area (TPSA) is 83.6 Å². The van der Waals surface area contributed by atoms with Gasteiger partial charge in [0.05, 0.1) is 12.2 Å². The number of aryl methyl sites for hydroxylation is 1. The summed E-state index contributed by atoms with van der Waals surface area (Å²) in [7, 11) is 0. The van der Waals surface area contributed by atoms with E-state index in [9.17, 15) is 4.79 Å². The second-order valence-electron chi connectivity index (χ2n) is 4.65. The molecule has 0 aliphatic heterocycles. The largest absolute Gasteiger partial charge is 0.344 e. The Hall–Kier alpha value is -2.24. The summed E-state index contributed by atoms with van der Waals surface area (Å²) in [5.74, 6) is 0.789. The van der Waals surface area contributed by atoms with Gasteiger partial charge in [0.15, 0.2) is 0 Å². The van der Waals surface area contributed by atoms with Crippen LogP contribution in [-0.4, -0.2) is 26.1 Å². The van der Waals surface area contributed by atoms with Gasteiger partial charge in [-0.3, -0.25) is 14.9 Å². The summed E-state index contributed by atoms with van der Waals surface area (Å²) in [5, 5.41) is 9.42.